The van der Waals surface area contributed by atoms with Gasteiger partial charge in [-0.25, -0.2) is 14.4 Å². The van der Waals surface area contributed by atoms with E-state index in [4.69, 9.17) is 9.72 Å². The third kappa shape index (κ3) is 5.65. The third-order valence-electron chi connectivity index (χ3n) is 6.29. The van der Waals surface area contributed by atoms with Crippen LogP contribution >= 0.6 is 0 Å². The van der Waals surface area contributed by atoms with Gasteiger partial charge in [0.2, 0.25) is 0 Å². The van der Waals surface area contributed by atoms with Gasteiger partial charge in [-0.2, -0.15) is 0 Å². The lowest BCUT2D eigenvalue weighted by molar-refractivity contribution is -0.156. The fourth-order valence-electron chi connectivity index (χ4n) is 4.52. The molecule has 1 aliphatic rings. The first-order valence-corrected chi connectivity index (χ1v) is 12.6. The van der Waals surface area contributed by atoms with Gasteiger partial charge in [0, 0.05) is 41.5 Å². The number of pyridine rings is 1. The van der Waals surface area contributed by atoms with Gasteiger partial charge in [0.25, 0.3) is 0 Å². The van der Waals surface area contributed by atoms with E-state index in [-0.39, 0.29) is 18.2 Å². The lowest BCUT2D eigenvalue weighted by atomic mass is 10.0. The van der Waals surface area contributed by atoms with E-state index in [1.807, 2.05) is 67.1 Å². The summed E-state index contributed by atoms with van der Waals surface area (Å²) >= 11 is 0. The molecule has 2 aromatic carbocycles. The van der Waals surface area contributed by atoms with Crippen molar-refractivity contribution >= 4 is 23.7 Å². The number of imidazole rings is 1. The topological polar surface area (TPSA) is 89.3 Å². The van der Waals surface area contributed by atoms with E-state index >= 15 is 0 Å². The second-order valence-corrected chi connectivity index (χ2v) is 9.58. The van der Waals surface area contributed by atoms with Crippen molar-refractivity contribution in [3.63, 3.8) is 0 Å². The molecule has 0 spiro atoms. The molecule has 8 heteroatoms. The van der Waals surface area contributed by atoms with Crippen molar-refractivity contribution < 1.29 is 19.0 Å². The van der Waals surface area contributed by atoms with Gasteiger partial charge in [-0.3, -0.25) is 4.79 Å². The number of carbonyl (C=O) groups is 1. The highest BCUT2D eigenvalue weighted by Crippen LogP contribution is 2.36. The van der Waals surface area contributed by atoms with Crippen molar-refractivity contribution in [3.8, 4) is 22.5 Å². The Kier molecular flexibility index (Phi) is 7.33. The second kappa shape index (κ2) is 11.0. The summed E-state index contributed by atoms with van der Waals surface area (Å²) in [5.74, 6) is 0.746. The molecule has 4 aromatic rings. The summed E-state index contributed by atoms with van der Waals surface area (Å²) in [6.07, 6.45) is 4.38. The summed E-state index contributed by atoms with van der Waals surface area (Å²) < 4.78 is 21.2. The molecule has 0 aliphatic carbocycles. The van der Waals surface area contributed by atoms with Crippen LogP contribution in [0.4, 0.5) is 15.9 Å². The highest BCUT2D eigenvalue weighted by Gasteiger charge is 2.26. The van der Waals surface area contributed by atoms with E-state index in [1.54, 1.807) is 24.4 Å². The van der Waals surface area contributed by atoms with Crippen molar-refractivity contribution in [2.24, 2.45) is 0 Å². The Morgan fingerprint density at radius 2 is 1.87 bits per heavy atom. The molecule has 2 atom stereocenters. The van der Waals surface area contributed by atoms with E-state index in [0.29, 0.717) is 17.9 Å². The van der Waals surface area contributed by atoms with E-state index < -0.39 is 18.2 Å². The highest BCUT2D eigenvalue weighted by atomic mass is 19.1. The number of aliphatic hydroxyl groups is 1. The molecule has 0 saturated carbocycles. The summed E-state index contributed by atoms with van der Waals surface area (Å²) in [6, 6.07) is 19.9. The maximum absolute atomic E-state index is 13.8. The van der Waals surface area contributed by atoms with E-state index in [0.717, 1.165) is 28.3 Å². The van der Waals surface area contributed by atoms with Crippen molar-refractivity contribution in [1.82, 2.24) is 14.5 Å². The number of nitrogens with zero attached hydrogens (tertiary/aromatic N) is 3. The van der Waals surface area contributed by atoms with Gasteiger partial charge < -0.3 is 19.7 Å². The van der Waals surface area contributed by atoms with Crippen molar-refractivity contribution in [1.29, 1.82) is 0 Å². The quantitative estimate of drug-likeness (QED) is 0.289. The standard InChI is InChI=1S/C30H29FN4O3/c1-19(2)30-34-28(20-8-10-22(31)11-9-20)29(35(30)15-13-25-17-24(36)18-27(37)38-25)21-12-14-32-26(16-21)33-23-6-4-3-5-7-23/h3-16,19,24-25,36H,17-18H2,1-2H3,(H,32,33)/b15-13+/t24-,25-/m1/s1. The first-order chi connectivity index (χ1) is 18.4. The average Bonchev–Trinajstić information content (AvgIpc) is 3.28. The summed E-state index contributed by atoms with van der Waals surface area (Å²) in [6.45, 7) is 4.09. The molecule has 1 aliphatic heterocycles. The van der Waals surface area contributed by atoms with Crippen LogP contribution in [-0.4, -0.2) is 37.8 Å². The van der Waals surface area contributed by atoms with Crippen LogP contribution in [0.25, 0.3) is 28.7 Å². The predicted molar refractivity (Wildman–Crippen MR) is 145 cm³/mol. The molecule has 1 saturated heterocycles. The van der Waals surface area contributed by atoms with E-state index in [1.165, 1.54) is 12.1 Å². The van der Waals surface area contributed by atoms with Crippen molar-refractivity contribution in [3.05, 3.63) is 90.6 Å². The molecule has 7 nitrogen and oxygen atoms in total. The summed E-state index contributed by atoms with van der Waals surface area (Å²) in [7, 11) is 0. The van der Waals surface area contributed by atoms with Gasteiger partial charge >= 0.3 is 5.97 Å². The zero-order valence-electron chi connectivity index (χ0n) is 21.2. The average molecular weight is 513 g/mol. The number of ether oxygens (including phenoxy) is 1. The van der Waals surface area contributed by atoms with E-state index in [9.17, 15) is 14.3 Å². The lowest BCUT2D eigenvalue weighted by Crippen LogP contribution is -2.31. The number of aliphatic hydroxyl groups excluding tert-OH is 1. The predicted octanol–water partition coefficient (Wildman–Crippen LogP) is 6.16. The minimum atomic E-state index is -0.737. The number of rotatable bonds is 7. The third-order valence-corrected chi connectivity index (χ3v) is 6.29. The van der Waals surface area contributed by atoms with Gasteiger partial charge in [-0.15, -0.1) is 0 Å². The van der Waals surface area contributed by atoms with Gasteiger partial charge in [-0.1, -0.05) is 32.0 Å². The Labute approximate surface area is 220 Å². The number of anilines is 2. The molecule has 0 bridgehead atoms. The Morgan fingerprint density at radius 1 is 1.11 bits per heavy atom. The smallest absolute Gasteiger partial charge is 0.309 e. The van der Waals surface area contributed by atoms with Crippen LogP contribution in [0, 0.1) is 5.82 Å². The van der Waals surface area contributed by atoms with Crippen molar-refractivity contribution in [2.75, 3.05) is 5.32 Å². The maximum Gasteiger partial charge on any atom is 0.309 e. The van der Waals surface area contributed by atoms with Crippen molar-refractivity contribution in [2.45, 2.75) is 44.8 Å². The zero-order valence-corrected chi connectivity index (χ0v) is 21.2. The molecule has 0 radical (unpaired) electrons. The number of nitrogens with one attached hydrogen (secondary N) is 1. The number of para-hydroxylation sites is 1. The van der Waals surface area contributed by atoms with Gasteiger partial charge in [0.1, 0.15) is 23.6 Å². The number of hydrogen-bond acceptors (Lipinski definition) is 6. The fourth-order valence-corrected chi connectivity index (χ4v) is 4.52. The highest BCUT2D eigenvalue weighted by molar-refractivity contribution is 5.82. The molecule has 2 aromatic heterocycles. The van der Waals surface area contributed by atoms with Gasteiger partial charge in [-0.05, 0) is 54.6 Å². The van der Waals surface area contributed by atoms with E-state index in [2.05, 4.69) is 10.3 Å². The number of aromatic nitrogens is 3. The second-order valence-electron chi connectivity index (χ2n) is 9.58. The number of esters is 1. The molecular weight excluding hydrogens is 483 g/mol. The molecule has 1 fully saturated rings. The number of hydrogen-bond donors (Lipinski definition) is 2. The molecule has 0 amide bonds. The molecule has 38 heavy (non-hydrogen) atoms. The normalized spacial score (nSPS) is 17.7. The minimum Gasteiger partial charge on any atom is -0.458 e. The maximum atomic E-state index is 13.8. The number of carbonyl (C=O) groups excluding carboxylic acids is 1. The minimum absolute atomic E-state index is 0.000824. The molecular formula is C30H29FN4O3. The zero-order chi connectivity index (χ0) is 26.6. The van der Waals surface area contributed by atoms with Crippen LogP contribution in [0.1, 0.15) is 38.4 Å². The number of halogens is 1. The monoisotopic (exact) mass is 512 g/mol. The number of cyclic esters (lactones) is 1. The van der Waals surface area contributed by atoms with Crippen LogP contribution in [0.2, 0.25) is 0 Å². The molecule has 194 valence electrons. The summed E-state index contributed by atoms with van der Waals surface area (Å²) in [4.78, 5) is 21.4. The van der Waals surface area contributed by atoms with Gasteiger partial charge in [0.15, 0.2) is 0 Å². The Bertz CT molecular complexity index is 1450. The fraction of sp³-hybridized carbons (Fsp3) is 0.233. The van der Waals surface area contributed by atoms with Crippen LogP contribution in [0.15, 0.2) is 79.0 Å². The van der Waals surface area contributed by atoms with Crippen LogP contribution in [-0.2, 0) is 9.53 Å². The van der Waals surface area contributed by atoms with Crippen LogP contribution in [0.5, 0.6) is 0 Å². The van der Waals surface area contributed by atoms with Crippen LogP contribution < -0.4 is 5.32 Å². The van der Waals surface area contributed by atoms with Gasteiger partial charge in [0.05, 0.1) is 23.9 Å². The Morgan fingerprint density at radius 3 is 2.58 bits per heavy atom. The SMILES string of the molecule is CC(C)c1nc(-c2ccc(F)cc2)c(-c2ccnc(Nc3ccccc3)c2)n1/C=C/[C@@H]1C[C@@H](O)CC(=O)O1. The molecule has 2 N–H and O–H groups in total. The first kappa shape index (κ1) is 25.4. The molecule has 0 unspecified atom stereocenters. The lowest BCUT2D eigenvalue weighted by Gasteiger charge is -2.23. The first-order valence-electron chi connectivity index (χ1n) is 12.6. The molecule has 5 rings (SSSR count). The largest absolute Gasteiger partial charge is 0.458 e. The van der Waals surface area contributed by atoms with Crippen LogP contribution in [0.3, 0.4) is 0 Å². The summed E-state index contributed by atoms with van der Waals surface area (Å²) in [5.41, 5.74) is 4.00. The summed E-state index contributed by atoms with van der Waals surface area (Å²) in [5, 5.41) is 13.4. The Hall–Kier alpha value is -4.30. The molecule has 3 heterocycles. The Balaban J connectivity index is 1.63. The number of benzene rings is 2.